The van der Waals surface area contributed by atoms with Crippen molar-refractivity contribution in [3.8, 4) is 0 Å². The summed E-state index contributed by atoms with van der Waals surface area (Å²) in [5.74, 6) is 0. The van der Waals surface area contributed by atoms with Gasteiger partial charge in [-0.2, -0.15) is 0 Å². The van der Waals surface area contributed by atoms with Gasteiger partial charge in [0.25, 0.3) is 0 Å². The summed E-state index contributed by atoms with van der Waals surface area (Å²) in [7, 11) is 0. The Bertz CT molecular complexity index is 422. The fourth-order valence-corrected chi connectivity index (χ4v) is 2.77. The number of rotatable bonds is 2. The maximum absolute atomic E-state index is 11.1. The fraction of sp³-hybridized carbons (Fsp3) is 1.00. The van der Waals surface area contributed by atoms with Crippen molar-refractivity contribution in [2.45, 2.75) is 43.9 Å². The van der Waals surface area contributed by atoms with E-state index in [4.69, 9.17) is 18.9 Å². The van der Waals surface area contributed by atoms with Crippen molar-refractivity contribution in [3.05, 3.63) is 20.2 Å². The van der Waals surface area contributed by atoms with E-state index in [1.807, 2.05) is 0 Å². The van der Waals surface area contributed by atoms with E-state index in [-0.39, 0.29) is 6.42 Å². The van der Waals surface area contributed by atoms with E-state index < -0.39 is 47.6 Å². The van der Waals surface area contributed by atoms with E-state index in [0.717, 1.165) is 0 Å². The Balaban J connectivity index is 1.83. The van der Waals surface area contributed by atoms with Gasteiger partial charge < -0.3 is 18.9 Å². The lowest BCUT2D eigenvalue weighted by atomic mass is 10.3. The molecular weight excluding hydrogens is 268 g/mol. The van der Waals surface area contributed by atoms with Crippen molar-refractivity contribution >= 4 is 0 Å². The lowest BCUT2D eigenvalue weighted by Gasteiger charge is -2.32. The molecule has 6 bridgehead atoms. The van der Waals surface area contributed by atoms with Gasteiger partial charge in [0.05, 0.1) is 0 Å². The molecular formula is C7H8N4O8. The molecule has 5 saturated heterocycles. The molecule has 19 heavy (non-hydrogen) atoms. The molecule has 0 saturated carbocycles. The van der Waals surface area contributed by atoms with Gasteiger partial charge in [-0.25, -0.2) is 20.2 Å². The number of hydrogen-bond acceptors (Lipinski definition) is 8. The Labute approximate surface area is 104 Å². The molecule has 5 fully saturated rings. The highest BCUT2D eigenvalue weighted by atomic mass is 16.9. The zero-order valence-corrected chi connectivity index (χ0v) is 9.23. The van der Waals surface area contributed by atoms with E-state index in [0.29, 0.717) is 10.0 Å². The molecule has 0 spiro atoms. The van der Waals surface area contributed by atoms with Crippen LogP contribution >= 0.6 is 0 Å². The lowest BCUT2D eigenvalue weighted by molar-refractivity contribution is -0.707. The number of hydrazine groups is 2. The van der Waals surface area contributed by atoms with Crippen LogP contribution in [0.5, 0.6) is 0 Å². The molecule has 0 N–H and O–H groups in total. The van der Waals surface area contributed by atoms with E-state index in [2.05, 4.69) is 0 Å². The maximum atomic E-state index is 11.1. The van der Waals surface area contributed by atoms with Crippen molar-refractivity contribution in [2.24, 2.45) is 0 Å². The number of nitro groups is 2. The molecule has 5 rings (SSSR count). The van der Waals surface area contributed by atoms with Gasteiger partial charge in [-0.15, -0.1) is 0 Å². The first-order valence-electron chi connectivity index (χ1n) is 5.53. The van der Waals surface area contributed by atoms with Crippen molar-refractivity contribution in [3.63, 3.8) is 0 Å². The van der Waals surface area contributed by atoms with Crippen molar-refractivity contribution in [1.82, 2.24) is 10.0 Å². The zero-order valence-electron chi connectivity index (χ0n) is 9.23. The summed E-state index contributed by atoms with van der Waals surface area (Å²) in [4.78, 5) is 22.2. The molecule has 4 unspecified atom stereocenters. The molecule has 0 aromatic rings. The van der Waals surface area contributed by atoms with Gasteiger partial charge in [0.15, 0.2) is 22.5 Å². The first-order valence-corrected chi connectivity index (χ1v) is 5.53. The lowest BCUT2D eigenvalue weighted by Crippen LogP contribution is -2.54. The first kappa shape index (κ1) is 11.1. The van der Waals surface area contributed by atoms with E-state index >= 15 is 0 Å². The van der Waals surface area contributed by atoms with E-state index in [1.54, 1.807) is 0 Å². The van der Waals surface area contributed by atoms with Crippen LogP contribution in [0.15, 0.2) is 0 Å². The Morgan fingerprint density at radius 2 is 1.26 bits per heavy atom. The van der Waals surface area contributed by atoms with Gasteiger partial charge in [-0.1, -0.05) is 10.0 Å². The largest absolute Gasteiger partial charge is 0.318 e. The smallest absolute Gasteiger partial charge is 0.243 e. The molecule has 0 aromatic heterocycles. The van der Waals surface area contributed by atoms with Gasteiger partial charge in [0.2, 0.25) is 25.0 Å². The van der Waals surface area contributed by atoms with Gasteiger partial charge in [0.1, 0.15) is 0 Å². The molecule has 5 aliphatic rings. The van der Waals surface area contributed by atoms with Crippen LogP contribution in [0, 0.1) is 20.2 Å². The summed E-state index contributed by atoms with van der Waals surface area (Å²) in [6.07, 6.45) is -6.33. The third-order valence-corrected chi connectivity index (χ3v) is 3.49. The predicted octanol–water partition coefficient (Wildman–Crippen LogP) is -1.56. The van der Waals surface area contributed by atoms with Crippen LogP contribution in [-0.4, -0.2) is 57.6 Å². The summed E-state index contributed by atoms with van der Waals surface area (Å²) >= 11 is 0. The highest BCUT2D eigenvalue weighted by molar-refractivity contribution is 4.89. The molecule has 104 valence electrons. The molecule has 5 aliphatic heterocycles. The average Bonchev–Trinajstić information content (AvgIpc) is 2.60. The molecule has 4 atom stereocenters. The Morgan fingerprint density at radius 1 is 0.842 bits per heavy atom. The highest BCUT2D eigenvalue weighted by Crippen LogP contribution is 2.43. The van der Waals surface area contributed by atoms with Gasteiger partial charge in [0, 0.05) is 6.42 Å². The summed E-state index contributed by atoms with van der Waals surface area (Å²) < 4.78 is 21.3. The van der Waals surface area contributed by atoms with Crippen LogP contribution in [-0.2, 0) is 18.9 Å². The second-order valence-corrected chi connectivity index (χ2v) is 4.44. The number of ether oxygens (including phenoxy) is 4. The topological polar surface area (TPSA) is 130 Å². The summed E-state index contributed by atoms with van der Waals surface area (Å²) in [5.41, 5.74) is 0. The SMILES string of the molecule is O=[N+]([O-])N1C2CC3OC(O2)C2OC1C(O2)N3[N+](=O)[O-]. The molecule has 0 radical (unpaired) electrons. The highest BCUT2D eigenvalue weighted by Gasteiger charge is 2.67. The fourth-order valence-electron chi connectivity index (χ4n) is 2.77. The summed E-state index contributed by atoms with van der Waals surface area (Å²) in [5, 5.41) is 22.3. The normalized spacial score (nSPS) is 46.5. The van der Waals surface area contributed by atoms with Crippen LogP contribution in [0.3, 0.4) is 0 Å². The molecule has 0 amide bonds. The van der Waals surface area contributed by atoms with Gasteiger partial charge in [-0.05, 0) is 0 Å². The van der Waals surface area contributed by atoms with Gasteiger partial charge in [-0.3, -0.25) is 0 Å². The minimum absolute atomic E-state index is 0.0368. The molecule has 12 heteroatoms. The van der Waals surface area contributed by atoms with Crippen molar-refractivity contribution in [2.75, 3.05) is 0 Å². The second kappa shape index (κ2) is 3.41. The van der Waals surface area contributed by atoms with Crippen LogP contribution in [0.1, 0.15) is 6.42 Å². The Morgan fingerprint density at radius 3 is 1.68 bits per heavy atom. The third-order valence-electron chi connectivity index (χ3n) is 3.49. The summed E-state index contributed by atoms with van der Waals surface area (Å²) in [6.45, 7) is 0. The minimum atomic E-state index is -1.20. The van der Waals surface area contributed by atoms with Crippen molar-refractivity contribution in [1.29, 1.82) is 0 Å². The van der Waals surface area contributed by atoms with Crippen LogP contribution in [0.2, 0.25) is 0 Å². The Kier molecular flexibility index (Phi) is 1.99. The van der Waals surface area contributed by atoms with E-state index in [9.17, 15) is 20.2 Å². The van der Waals surface area contributed by atoms with Crippen LogP contribution < -0.4 is 0 Å². The Hall–Kier alpha value is -1.76. The molecule has 0 aromatic carbocycles. The quantitative estimate of drug-likeness (QED) is 0.431. The van der Waals surface area contributed by atoms with Crippen LogP contribution in [0.25, 0.3) is 0 Å². The predicted molar refractivity (Wildman–Crippen MR) is 49.4 cm³/mol. The third kappa shape index (κ3) is 1.30. The number of nitrogens with zero attached hydrogens (tertiary/aromatic N) is 4. The van der Waals surface area contributed by atoms with E-state index in [1.165, 1.54) is 0 Å². The standard InChI is InChI=1S/C7H8N4O8/c12-10(13)8-2-1-3-9(11(14)15)5-4(8)18-7(19-5)6(16-2)17-3/h2-7H,1H2. The summed E-state index contributed by atoms with van der Waals surface area (Å²) in [6, 6.07) is 0. The molecule has 5 heterocycles. The second-order valence-electron chi connectivity index (χ2n) is 4.44. The maximum Gasteiger partial charge on any atom is 0.243 e. The monoisotopic (exact) mass is 276 g/mol. The van der Waals surface area contributed by atoms with Crippen molar-refractivity contribution < 1.29 is 29.0 Å². The van der Waals surface area contributed by atoms with Gasteiger partial charge >= 0.3 is 0 Å². The first-order chi connectivity index (χ1) is 9.06. The average molecular weight is 276 g/mol. The molecule has 0 aliphatic carbocycles. The van der Waals surface area contributed by atoms with Crippen LogP contribution in [0.4, 0.5) is 0 Å². The zero-order chi connectivity index (χ0) is 13.3. The minimum Gasteiger partial charge on any atom is -0.318 e. The number of hydrogen-bond donors (Lipinski definition) is 0. The molecule has 12 nitrogen and oxygen atoms in total.